The number of carbonyl (C=O) groups is 1. The van der Waals surface area contributed by atoms with E-state index in [-0.39, 0.29) is 5.78 Å². The van der Waals surface area contributed by atoms with Crippen LogP contribution in [0.1, 0.15) is 41.3 Å². The van der Waals surface area contributed by atoms with Gasteiger partial charge in [-0.15, -0.1) is 0 Å². The van der Waals surface area contributed by atoms with Crippen molar-refractivity contribution in [2.45, 2.75) is 33.1 Å². The minimum absolute atomic E-state index is 0.236. The molecule has 2 N–H and O–H groups in total. The Morgan fingerprint density at radius 1 is 1.05 bits per heavy atom. The van der Waals surface area contributed by atoms with Crippen molar-refractivity contribution in [3.05, 3.63) is 65.2 Å². The first-order chi connectivity index (χ1) is 10.0. The molecule has 0 aliphatic rings. The predicted molar refractivity (Wildman–Crippen MR) is 88.5 cm³/mol. The highest BCUT2D eigenvalue weighted by atomic mass is 16.1. The van der Waals surface area contributed by atoms with Crippen molar-refractivity contribution in [2.75, 3.05) is 5.73 Å². The minimum Gasteiger partial charge on any atom is -0.399 e. The standard InChI is InChI=1S/C19H23NO/c1-14-4-9-17(10-5-14)19(21)13-15(2)3-6-16-7-11-18(20)12-8-16/h4-5,7-12,15H,3,6,13,20H2,1-2H3. The molecule has 0 aliphatic heterocycles. The summed E-state index contributed by atoms with van der Waals surface area (Å²) >= 11 is 0. The first-order valence-electron chi connectivity index (χ1n) is 7.49. The summed E-state index contributed by atoms with van der Waals surface area (Å²) in [4.78, 5) is 12.2. The van der Waals surface area contributed by atoms with Crippen molar-refractivity contribution in [1.82, 2.24) is 0 Å². The van der Waals surface area contributed by atoms with Crippen molar-refractivity contribution < 1.29 is 4.79 Å². The summed E-state index contributed by atoms with van der Waals surface area (Å²) in [5.74, 6) is 0.621. The molecule has 0 saturated heterocycles. The molecule has 0 aliphatic carbocycles. The quantitative estimate of drug-likeness (QED) is 0.629. The third-order valence-corrected chi connectivity index (χ3v) is 3.81. The molecule has 0 amide bonds. The van der Waals surface area contributed by atoms with Gasteiger partial charge in [0.1, 0.15) is 0 Å². The van der Waals surface area contributed by atoms with Gasteiger partial charge in [0.05, 0.1) is 0 Å². The van der Waals surface area contributed by atoms with E-state index in [1.54, 1.807) is 0 Å². The van der Waals surface area contributed by atoms with E-state index in [2.05, 4.69) is 19.1 Å². The van der Waals surface area contributed by atoms with Crippen LogP contribution in [0.4, 0.5) is 5.69 Å². The molecule has 0 heterocycles. The predicted octanol–water partition coefficient (Wildman–Crippen LogP) is 4.42. The summed E-state index contributed by atoms with van der Waals surface area (Å²) in [6.07, 6.45) is 2.61. The average Bonchev–Trinajstić information content (AvgIpc) is 2.47. The number of nitrogens with two attached hydrogens (primary N) is 1. The Balaban J connectivity index is 1.83. The van der Waals surface area contributed by atoms with E-state index in [1.807, 2.05) is 43.3 Å². The number of hydrogen-bond donors (Lipinski definition) is 1. The Hall–Kier alpha value is -2.09. The average molecular weight is 281 g/mol. The van der Waals surface area contributed by atoms with Gasteiger partial charge in [0.15, 0.2) is 5.78 Å². The van der Waals surface area contributed by atoms with Crippen LogP contribution in [0.2, 0.25) is 0 Å². The van der Waals surface area contributed by atoms with Gasteiger partial charge in [0.25, 0.3) is 0 Å². The third kappa shape index (κ3) is 4.75. The SMILES string of the molecule is Cc1ccc(C(=O)CC(C)CCc2ccc(N)cc2)cc1. The van der Waals surface area contributed by atoms with E-state index >= 15 is 0 Å². The summed E-state index contributed by atoms with van der Waals surface area (Å²) in [5, 5.41) is 0. The van der Waals surface area contributed by atoms with E-state index in [9.17, 15) is 4.79 Å². The van der Waals surface area contributed by atoms with Crippen molar-refractivity contribution in [3.8, 4) is 0 Å². The highest BCUT2D eigenvalue weighted by Gasteiger charge is 2.11. The molecule has 0 radical (unpaired) electrons. The van der Waals surface area contributed by atoms with E-state index in [0.29, 0.717) is 12.3 Å². The Morgan fingerprint density at radius 2 is 1.67 bits per heavy atom. The fourth-order valence-electron chi connectivity index (χ4n) is 2.37. The Bertz CT molecular complexity index is 584. The lowest BCUT2D eigenvalue weighted by atomic mass is 9.94. The molecule has 0 saturated carbocycles. The zero-order chi connectivity index (χ0) is 15.2. The van der Waals surface area contributed by atoms with E-state index in [1.165, 1.54) is 11.1 Å². The highest BCUT2D eigenvalue weighted by molar-refractivity contribution is 5.96. The maximum absolute atomic E-state index is 12.2. The van der Waals surface area contributed by atoms with Gasteiger partial charge in [-0.3, -0.25) is 4.79 Å². The molecule has 2 nitrogen and oxygen atoms in total. The van der Waals surface area contributed by atoms with Gasteiger partial charge < -0.3 is 5.73 Å². The number of hydrogen-bond acceptors (Lipinski definition) is 2. The molecule has 1 unspecified atom stereocenters. The van der Waals surface area contributed by atoms with Gasteiger partial charge in [-0.1, -0.05) is 48.9 Å². The smallest absolute Gasteiger partial charge is 0.163 e. The number of carbonyl (C=O) groups excluding carboxylic acids is 1. The van der Waals surface area contributed by atoms with Gasteiger partial charge in [-0.05, 0) is 43.4 Å². The number of benzene rings is 2. The Kier molecular flexibility index (Phi) is 5.15. The number of aryl methyl sites for hydroxylation is 2. The topological polar surface area (TPSA) is 43.1 Å². The molecule has 0 fully saturated rings. The fourth-order valence-corrected chi connectivity index (χ4v) is 2.37. The lowest BCUT2D eigenvalue weighted by molar-refractivity contribution is 0.0963. The molecular weight excluding hydrogens is 258 g/mol. The van der Waals surface area contributed by atoms with E-state index in [0.717, 1.165) is 24.1 Å². The molecule has 21 heavy (non-hydrogen) atoms. The van der Waals surface area contributed by atoms with Crippen LogP contribution in [0.15, 0.2) is 48.5 Å². The van der Waals surface area contributed by atoms with Crippen LogP contribution in [-0.2, 0) is 6.42 Å². The molecule has 2 aromatic rings. The number of ketones is 1. The minimum atomic E-state index is 0.236. The maximum atomic E-state index is 12.2. The summed E-state index contributed by atoms with van der Waals surface area (Å²) in [5.41, 5.74) is 9.75. The molecular formula is C19H23NO. The molecule has 0 spiro atoms. The lowest BCUT2D eigenvalue weighted by Crippen LogP contribution is -2.07. The second-order valence-corrected chi connectivity index (χ2v) is 5.88. The number of rotatable bonds is 6. The monoisotopic (exact) mass is 281 g/mol. The van der Waals surface area contributed by atoms with Gasteiger partial charge in [-0.25, -0.2) is 0 Å². The molecule has 2 heteroatoms. The maximum Gasteiger partial charge on any atom is 0.163 e. The first kappa shape index (κ1) is 15.3. The zero-order valence-corrected chi connectivity index (χ0v) is 12.8. The normalized spacial score (nSPS) is 12.1. The molecule has 2 aromatic carbocycles. The second-order valence-electron chi connectivity index (χ2n) is 5.88. The summed E-state index contributed by atoms with van der Waals surface area (Å²) in [7, 11) is 0. The molecule has 110 valence electrons. The molecule has 0 aromatic heterocycles. The largest absolute Gasteiger partial charge is 0.399 e. The van der Waals surface area contributed by atoms with Crippen LogP contribution in [0, 0.1) is 12.8 Å². The van der Waals surface area contributed by atoms with Crippen LogP contribution < -0.4 is 5.73 Å². The van der Waals surface area contributed by atoms with Gasteiger partial charge in [0.2, 0.25) is 0 Å². The van der Waals surface area contributed by atoms with Crippen LogP contribution in [-0.4, -0.2) is 5.78 Å². The van der Waals surface area contributed by atoms with Gasteiger partial charge in [-0.2, -0.15) is 0 Å². The first-order valence-corrected chi connectivity index (χ1v) is 7.49. The van der Waals surface area contributed by atoms with Crippen molar-refractivity contribution >= 4 is 11.5 Å². The second kappa shape index (κ2) is 7.07. The summed E-state index contributed by atoms with van der Waals surface area (Å²) in [6.45, 7) is 4.17. The van der Waals surface area contributed by atoms with Crippen LogP contribution in [0.25, 0.3) is 0 Å². The Morgan fingerprint density at radius 3 is 2.29 bits per heavy atom. The lowest BCUT2D eigenvalue weighted by Gasteiger charge is -2.11. The van der Waals surface area contributed by atoms with Crippen molar-refractivity contribution in [3.63, 3.8) is 0 Å². The van der Waals surface area contributed by atoms with Crippen LogP contribution in [0.5, 0.6) is 0 Å². The number of nitrogen functional groups attached to an aromatic ring is 1. The molecule has 2 rings (SSSR count). The third-order valence-electron chi connectivity index (χ3n) is 3.81. The van der Waals surface area contributed by atoms with Gasteiger partial charge in [0, 0.05) is 17.7 Å². The highest BCUT2D eigenvalue weighted by Crippen LogP contribution is 2.17. The zero-order valence-electron chi connectivity index (χ0n) is 12.8. The van der Waals surface area contributed by atoms with Crippen molar-refractivity contribution in [2.24, 2.45) is 5.92 Å². The summed E-state index contributed by atoms with van der Waals surface area (Å²) < 4.78 is 0. The van der Waals surface area contributed by atoms with Crippen LogP contribution in [0.3, 0.4) is 0 Å². The Labute approximate surface area is 127 Å². The molecule has 0 bridgehead atoms. The fraction of sp³-hybridized carbons (Fsp3) is 0.316. The van der Waals surface area contributed by atoms with E-state index < -0.39 is 0 Å². The van der Waals surface area contributed by atoms with Crippen LogP contribution >= 0.6 is 0 Å². The van der Waals surface area contributed by atoms with Gasteiger partial charge >= 0.3 is 0 Å². The summed E-state index contributed by atoms with van der Waals surface area (Å²) in [6, 6.07) is 15.8. The van der Waals surface area contributed by atoms with Crippen molar-refractivity contribution in [1.29, 1.82) is 0 Å². The van der Waals surface area contributed by atoms with E-state index in [4.69, 9.17) is 5.73 Å². The molecule has 1 atom stereocenters. The number of Topliss-reactive ketones (excluding diaryl/α,β-unsaturated/α-hetero) is 1. The number of anilines is 1.